The van der Waals surface area contributed by atoms with Crippen molar-refractivity contribution in [3.8, 4) is 0 Å². The fourth-order valence-electron chi connectivity index (χ4n) is 1.48. The van der Waals surface area contributed by atoms with Crippen molar-refractivity contribution in [1.29, 1.82) is 0 Å². The molecule has 1 N–H and O–H groups in total. The summed E-state index contributed by atoms with van der Waals surface area (Å²) in [5.41, 5.74) is -1.05. The summed E-state index contributed by atoms with van der Waals surface area (Å²) in [7, 11) is 3.96. The molecule has 0 bridgehead atoms. The first kappa shape index (κ1) is 17.6. The van der Waals surface area contributed by atoms with Crippen LogP contribution in [0.25, 0.3) is 0 Å². The molecule has 0 aliphatic heterocycles. The lowest BCUT2D eigenvalue weighted by atomic mass is 10.1. The fourth-order valence-corrected chi connectivity index (χ4v) is 1.48. The zero-order chi connectivity index (χ0) is 15.2. The van der Waals surface area contributed by atoms with E-state index in [-0.39, 0.29) is 6.10 Å². The molecule has 0 heterocycles. The molecule has 0 spiro atoms. The van der Waals surface area contributed by atoms with E-state index in [0.717, 1.165) is 12.5 Å². The van der Waals surface area contributed by atoms with Gasteiger partial charge in [0.05, 0.1) is 0 Å². The summed E-state index contributed by atoms with van der Waals surface area (Å²) in [5, 5.41) is 2.55. The highest BCUT2D eigenvalue weighted by Crippen LogP contribution is 2.12. The van der Waals surface area contributed by atoms with Crippen LogP contribution in [0.3, 0.4) is 0 Å². The van der Waals surface area contributed by atoms with E-state index in [4.69, 9.17) is 4.74 Å². The summed E-state index contributed by atoms with van der Waals surface area (Å²) >= 11 is 0. The summed E-state index contributed by atoms with van der Waals surface area (Å²) in [6, 6.07) is 0.314. The zero-order valence-corrected chi connectivity index (χ0v) is 12.8. The Morgan fingerprint density at radius 3 is 2.32 bits per heavy atom. The fraction of sp³-hybridized carbons (Fsp3) is 0.714. The molecule has 19 heavy (non-hydrogen) atoms. The van der Waals surface area contributed by atoms with Gasteiger partial charge in [-0.15, -0.1) is 0 Å². The van der Waals surface area contributed by atoms with Crippen LogP contribution in [0.5, 0.6) is 0 Å². The summed E-state index contributed by atoms with van der Waals surface area (Å²) < 4.78 is 5.37. The average Bonchev–Trinajstić information content (AvgIpc) is 2.27. The molecule has 0 rings (SSSR count). The van der Waals surface area contributed by atoms with Crippen molar-refractivity contribution in [2.75, 3.05) is 14.1 Å². The number of carbonyl (C=O) groups excluding carboxylic acids is 2. The van der Waals surface area contributed by atoms with Gasteiger partial charge in [-0.3, -0.25) is 4.79 Å². The third-order valence-corrected chi connectivity index (χ3v) is 2.99. The van der Waals surface area contributed by atoms with E-state index >= 15 is 0 Å². The van der Waals surface area contributed by atoms with Crippen molar-refractivity contribution in [1.82, 2.24) is 10.2 Å². The molecular weight excluding hydrogens is 244 g/mol. The number of amides is 1. The summed E-state index contributed by atoms with van der Waals surface area (Å²) in [6.45, 7) is 10.5. The Kier molecular flexibility index (Phi) is 6.76. The maximum Gasteiger partial charge on any atom is 0.331 e. The molecule has 110 valence electrons. The molecule has 5 heteroatoms. The van der Waals surface area contributed by atoms with Gasteiger partial charge in [0.1, 0.15) is 11.6 Å². The van der Waals surface area contributed by atoms with E-state index in [1.54, 1.807) is 13.8 Å². The van der Waals surface area contributed by atoms with E-state index in [0.29, 0.717) is 6.04 Å². The van der Waals surface area contributed by atoms with Gasteiger partial charge in [0.2, 0.25) is 5.91 Å². The lowest BCUT2D eigenvalue weighted by Gasteiger charge is -2.28. The summed E-state index contributed by atoms with van der Waals surface area (Å²) in [4.78, 5) is 25.3. The van der Waals surface area contributed by atoms with Crippen molar-refractivity contribution in [3.05, 3.63) is 12.7 Å². The predicted octanol–water partition coefficient (Wildman–Crippen LogP) is 1.34. The first-order valence-corrected chi connectivity index (χ1v) is 6.42. The minimum absolute atomic E-state index is 0.204. The molecular formula is C14H26N2O3. The molecule has 2 unspecified atom stereocenters. The van der Waals surface area contributed by atoms with E-state index in [9.17, 15) is 9.59 Å². The average molecular weight is 270 g/mol. The Hall–Kier alpha value is -1.36. The van der Waals surface area contributed by atoms with Crippen LogP contribution in [-0.2, 0) is 14.3 Å². The van der Waals surface area contributed by atoms with Crippen LogP contribution in [-0.4, -0.2) is 48.6 Å². The highest BCUT2D eigenvalue weighted by atomic mass is 16.5. The lowest BCUT2D eigenvalue weighted by molar-refractivity contribution is -0.157. The minimum atomic E-state index is -1.05. The molecule has 0 fully saturated rings. The maximum atomic E-state index is 12.0. The molecule has 0 aromatic heterocycles. The van der Waals surface area contributed by atoms with Gasteiger partial charge in [-0.1, -0.05) is 6.58 Å². The number of hydrogen-bond acceptors (Lipinski definition) is 4. The smallest absolute Gasteiger partial charge is 0.331 e. The molecule has 0 saturated heterocycles. The van der Waals surface area contributed by atoms with Crippen LogP contribution in [0.2, 0.25) is 0 Å². The number of rotatable bonds is 7. The lowest BCUT2D eigenvalue weighted by Crippen LogP contribution is -2.51. The van der Waals surface area contributed by atoms with Crippen LogP contribution in [0.15, 0.2) is 12.7 Å². The normalized spacial score (nSPS) is 14.7. The largest absolute Gasteiger partial charge is 0.461 e. The van der Waals surface area contributed by atoms with E-state index in [1.807, 2.05) is 21.0 Å². The zero-order valence-electron chi connectivity index (χ0n) is 12.8. The Morgan fingerprint density at radius 2 is 1.89 bits per heavy atom. The Balaban J connectivity index is 4.42. The van der Waals surface area contributed by atoms with Crippen molar-refractivity contribution in [2.45, 2.75) is 51.8 Å². The van der Waals surface area contributed by atoms with Gasteiger partial charge in [0, 0.05) is 6.04 Å². The Morgan fingerprint density at radius 1 is 1.37 bits per heavy atom. The number of nitrogens with zero attached hydrogens (tertiary/aromatic N) is 1. The van der Waals surface area contributed by atoms with Gasteiger partial charge in [-0.05, 0) is 54.3 Å². The maximum absolute atomic E-state index is 12.0. The first-order valence-electron chi connectivity index (χ1n) is 6.42. The second-order valence-electron chi connectivity index (χ2n) is 5.58. The van der Waals surface area contributed by atoms with E-state index < -0.39 is 17.4 Å². The number of carbonyl (C=O) groups is 2. The number of esters is 1. The van der Waals surface area contributed by atoms with Gasteiger partial charge >= 0.3 is 5.97 Å². The first-order chi connectivity index (χ1) is 8.60. The quantitative estimate of drug-likeness (QED) is 0.560. The highest BCUT2D eigenvalue weighted by Gasteiger charge is 2.32. The van der Waals surface area contributed by atoms with Crippen LogP contribution >= 0.6 is 0 Å². The second-order valence-corrected chi connectivity index (χ2v) is 5.58. The van der Waals surface area contributed by atoms with Crippen LogP contribution < -0.4 is 5.32 Å². The molecule has 0 saturated carbocycles. The third kappa shape index (κ3) is 6.38. The van der Waals surface area contributed by atoms with E-state index in [1.165, 1.54) is 0 Å². The number of ether oxygens (including phenoxy) is 1. The number of nitrogens with one attached hydrogen (secondary N) is 1. The molecule has 0 aromatic rings. The topological polar surface area (TPSA) is 58.6 Å². The van der Waals surface area contributed by atoms with Crippen LogP contribution in [0.1, 0.15) is 34.1 Å². The Bertz CT molecular complexity index is 338. The molecule has 1 amide bonds. The summed E-state index contributed by atoms with van der Waals surface area (Å²) in [6.07, 6.45) is 1.67. The van der Waals surface area contributed by atoms with Gasteiger partial charge in [0.15, 0.2) is 0 Å². The van der Waals surface area contributed by atoms with Crippen molar-refractivity contribution >= 4 is 11.9 Å². The number of hydrogen-bond donors (Lipinski definition) is 1. The van der Waals surface area contributed by atoms with E-state index in [2.05, 4.69) is 23.7 Å². The predicted molar refractivity (Wildman–Crippen MR) is 75.7 cm³/mol. The molecule has 0 aliphatic rings. The van der Waals surface area contributed by atoms with Gasteiger partial charge < -0.3 is 15.0 Å². The van der Waals surface area contributed by atoms with Crippen molar-refractivity contribution < 1.29 is 14.3 Å². The second kappa shape index (κ2) is 7.28. The minimum Gasteiger partial charge on any atom is -0.461 e. The summed E-state index contributed by atoms with van der Waals surface area (Å²) in [5.74, 6) is -0.836. The SMILES string of the molecule is C=CC(=O)NC(C)(C)C(=O)OC(C)CC(C)N(C)C. The Labute approximate surface area is 116 Å². The monoisotopic (exact) mass is 270 g/mol. The van der Waals surface area contributed by atoms with Crippen molar-refractivity contribution in [2.24, 2.45) is 0 Å². The molecule has 0 aliphatic carbocycles. The van der Waals surface area contributed by atoms with Gasteiger partial charge in [0.25, 0.3) is 0 Å². The van der Waals surface area contributed by atoms with Gasteiger partial charge in [-0.25, -0.2) is 4.79 Å². The highest BCUT2D eigenvalue weighted by molar-refractivity contribution is 5.92. The van der Waals surface area contributed by atoms with Gasteiger partial charge in [-0.2, -0.15) is 0 Å². The molecule has 2 atom stereocenters. The third-order valence-electron chi connectivity index (χ3n) is 2.99. The molecule has 0 radical (unpaired) electrons. The standard InChI is InChI=1S/C14H26N2O3/c1-8-12(17)15-14(4,5)13(18)19-11(3)9-10(2)16(6)7/h8,10-11H,1,9H2,2-7H3,(H,15,17). The molecule has 5 nitrogen and oxygen atoms in total. The van der Waals surface area contributed by atoms with Crippen molar-refractivity contribution in [3.63, 3.8) is 0 Å². The van der Waals surface area contributed by atoms with Crippen LogP contribution in [0.4, 0.5) is 0 Å². The molecule has 0 aromatic carbocycles. The van der Waals surface area contributed by atoms with Crippen LogP contribution in [0, 0.1) is 0 Å².